The van der Waals surface area contributed by atoms with Crippen molar-refractivity contribution in [1.29, 1.82) is 0 Å². The predicted octanol–water partition coefficient (Wildman–Crippen LogP) is 2.88. The molecule has 0 bridgehead atoms. The molecule has 120 valence electrons. The zero-order valence-electron chi connectivity index (χ0n) is 12.7. The lowest BCUT2D eigenvalue weighted by molar-refractivity contribution is -0.121. The van der Waals surface area contributed by atoms with Gasteiger partial charge in [-0.3, -0.25) is 4.79 Å². The zero-order valence-corrected chi connectivity index (χ0v) is 13.6. The molecule has 0 aliphatic heterocycles. The van der Waals surface area contributed by atoms with E-state index in [1.54, 1.807) is 0 Å². The van der Waals surface area contributed by atoms with Crippen molar-refractivity contribution in [3.8, 4) is 5.75 Å². The standard InChI is InChI=1S/C17H22N2O2.ClH/c1-13(12-18)19-17(20)10-5-11-21-16-9-4-7-14-6-2-3-8-15(14)16;/h2-4,6-9,13H,5,10-12,18H2,1H3,(H,19,20);1H/t13-;/m0./s1. The summed E-state index contributed by atoms with van der Waals surface area (Å²) in [5.74, 6) is 0.887. The van der Waals surface area contributed by atoms with Crippen LogP contribution in [0.2, 0.25) is 0 Å². The van der Waals surface area contributed by atoms with Gasteiger partial charge >= 0.3 is 0 Å². The summed E-state index contributed by atoms with van der Waals surface area (Å²) in [6, 6.07) is 14.1. The summed E-state index contributed by atoms with van der Waals surface area (Å²) >= 11 is 0. The summed E-state index contributed by atoms with van der Waals surface area (Å²) in [6.07, 6.45) is 1.14. The van der Waals surface area contributed by atoms with E-state index in [-0.39, 0.29) is 24.4 Å². The van der Waals surface area contributed by atoms with Crippen LogP contribution in [0.5, 0.6) is 5.75 Å². The monoisotopic (exact) mass is 322 g/mol. The highest BCUT2D eigenvalue weighted by Crippen LogP contribution is 2.25. The van der Waals surface area contributed by atoms with E-state index in [0.717, 1.165) is 16.5 Å². The summed E-state index contributed by atoms with van der Waals surface area (Å²) in [6.45, 7) is 2.88. The zero-order chi connectivity index (χ0) is 15.1. The molecule has 0 aliphatic carbocycles. The maximum Gasteiger partial charge on any atom is 0.220 e. The van der Waals surface area contributed by atoms with Gasteiger partial charge in [0.2, 0.25) is 5.91 Å². The van der Waals surface area contributed by atoms with Crippen LogP contribution in [0.15, 0.2) is 42.5 Å². The fraction of sp³-hybridized carbons (Fsp3) is 0.353. The molecule has 4 nitrogen and oxygen atoms in total. The number of nitrogens with one attached hydrogen (secondary N) is 1. The number of hydrogen-bond acceptors (Lipinski definition) is 3. The molecule has 1 atom stereocenters. The van der Waals surface area contributed by atoms with E-state index in [4.69, 9.17) is 10.5 Å². The molecular formula is C17H23ClN2O2. The Labute approximate surface area is 137 Å². The van der Waals surface area contributed by atoms with Crippen LogP contribution in [0, 0.1) is 0 Å². The van der Waals surface area contributed by atoms with E-state index < -0.39 is 0 Å². The van der Waals surface area contributed by atoms with E-state index >= 15 is 0 Å². The van der Waals surface area contributed by atoms with Gasteiger partial charge in [0.15, 0.2) is 0 Å². The number of ether oxygens (including phenoxy) is 1. The maximum absolute atomic E-state index is 11.6. The van der Waals surface area contributed by atoms with Gasteiger partial charge in [0.25, 0.3) is 0 Å². The molecular weight excluding hydrogens is 300 g/mol. The van der Waals surface area contributed by atoms with Crippen LogP contribution >= 0.6 is 12.4 Å². The summed E-state index contributed by atoms with van der Waals surface area (Å²) in [5.41, 5.74) is 5.46. The highest BCUT2D eigenvalue weighted by molar-refractivity contribution is 5.88. The average molecular weight is 323 g/mol. The Morgan fingerprint density at radius 1 is 1.23 bits per heavy atom. The van der Waals surface area contributed by atoms with Gasteiger partial charge in [-0.1, -0.05) is 36.4 Å². The fourth-order valence-electron chi connectivity index (χ4n) is 2.14. The van der Waals surface area contributed by atoms with Crippen molar-refractivity contribution < 1.29 is 9.53 Å². The lowest BCUT2D eigenvalue weighted by atomic mass is 10.1. The number of rotatable bonds is 7. The molecule has 5 heteroatoms. The Morgan fingerprint density at radius 3 is 2.73 bits per heavy atom. The van der Waals surface area contributed by atoms with Crippen LogP contribution in [0.1, 0.15) is 19.8 Å². The first-order chi connectivity index (χ1) is 10.2. The highest BCUT2D eigenvalue weighted by atomic mass is 35.5. The molecule has 0 unspecified atom stereocenters. The molecule has 0 aromatic heterocycles. The summed E-state index contributed by atoms with van der Waals surface area (Å²) in [7, 11) is 0. The van der Waals surface area contributed by atoms with Gasteiger partial charge in [-0.15, -0.1) is 12.4 Å². The first-order valence-corrected chi connectivity index (χ1v) is 7.30. The molecule has 0 heterocycles. The average Bonchev–Trinajstić information content (AvgIpc) is 2.51. The Kier molecular flexibility index (Phi) is 7.71. The Morgan fingerprint density at radius 2 is 1.95 bits per heavy atom. The van der Waals surface area contributed by atoms with Gasteiger partial charge in [-0.2, -0.15) is 0 Å². The molecule has 0 saturated heterocycles. The van der Waals surface area contributed by atoms with Gasteiger partial charge in [0, 0.05) is 24.4 Å². The molecule has 1 amide bonds. The minimum absolute atomic E-state index is 0. The van der Waals surface area contributed by atoms with E-state index in [2.05, 4.69) is 17.4 Å². The topological polar surface area (TPSA) is 64.3 Å². The molecule has 0 aliphatic rings. The molecule has 0 spiro atoms. The minimum atomic E-state index is 0. The van der Waals surface area contributed by atoms with Crippen LogP contribution in [-0.4, -0.2) is 25.1 Å². The number of benzene rings is 2. The number of carbonyl (C=O) groups is 1. The van der Waals surface area contributed by atoms with Gasteiger partial charge in [0.05, 0.1) is 6.61 Å². The van der Waals surface area contributed by atoms with Crippen molar-refractivity contribution in [3.63, 3.8) is 0 Å². The van der Waals surface area contributed by atoms with Crippen molar-refractivity contribution in [1.82, 2.24) is 5.32 Å². The lowest BCUT2D eigenvalue weighted by Gasteiger charge is -2.12. The van der Waals surface area contributed by atoms with Gasteiger partial charge < -0.3 is 15.8 Å². The molecule has 2 rings (SSSR count). The molecule has 22 heavy (non-hydrogen) atoms. The Hall–Kier alpha value is -1.78. The van der Waals surface area contributed by atoms with E-state index in [9.17, 15) is 4.79 Å². The third kappa shape index (κ3) is 5.20. The number of carbonyl (C=O) groups excluding carboxylic acids is 1. The van der Waals surface area contributed by atoms with E-state index in [0.29, 0.717) is 26.0 Å². The predicted molar refractivity (Wildman–Crippen MR) is 92.6 cm³/mol. The van der Waals surface area contributed by atoms with Crippen molar-refractivity contribution in [3.05, 3.63) is 42.5 Å². The van der Waals surface area contributed by atoms with E-state index in [1.807, 2.05) is 37.3 Å². The highest BCUT2D eigenvalue weighted by Gasteiger charge is 2.06. The molecule has 2 aromatic carbocycles. The van der Waals surface area contributed by atoms with Gasteiger partial charge in [-0.05, 0) is 24.8 Å². The molecule has 2 aromatic rings. The van der Waals surface area contributed by atoms with Gasteiger partial charge in [0.1, 0.15) is 5.75 Å². The van der Waals surface area contributed by atoms with Crippen LogP contribution in [0.3, 0.4) is 0 Å². The van der Waals surface area contributed by atoms with Gasteiger partial charge in [-0.25, -0.2) is 0 Å². The summed E-state index contributed by atoms with van der Waals surface area (Å²) < 4.78 is 5.80. The van der Waals surface area contributed by atoms with Crippen molar-refractivity contribution in [2.24, 2.45) is 5.73 Å². The quantitative estimate of drug-likeness (QED) is 0.770. The molecule has 3 N–H and O–H groups in total. The third-order valence-electron chi connectivity index (χ3n) is 3.32. The number of hydrogen-bond donors (Lipinski definition) is 2. The second-order valence-corrected chi connectivity index (χ2v) is 5.13. The maximum atomic E-state index is 11.6. The molecule has 0 radical (unpaired) electrons. The first kappa shape index (κ1) is 18.3. The minimum Gasteiger partial charge on any atom is -0.493 e. The Bertz CT molecular complexity index is 599. The third-order valence-corrected chi connectivity index (χ3v) is 3.32. The second-order valence-electron chi connectivity index (χ2n) is 5.13. The largest absolute Gasteiger partial charge is 0.493 e. The fourth-order valence-corrected chi connectivity index (χ4v) is 2.14. The number of amides is 1. The van der Waals surface area contributed by atoms with Crippen molar-refractivity contribution in [2.45, 2.75) is 25.8 Å². The summed E-state index contributed by atoms with van der Waals surface area (Å²) in [5, 5.41) is 5.09. The normalized spacial score (nSPS) is 11.5. The smallest absolute Gasteiger partial charge is 0.220 e. The summed E-state index contributed by atoms with van der Waals surface area (Å²) in [4.78, 5) is 11.6. The van der Waals surface area contributed by atoms with Crippen LogP contribution in [0.4, 0.5) is 0 Å². The number of nitrogens with two attached hydrogens (primary N) is 1. The number of fused-ring (bicyclic) bond motifs is 1. The van der Waals surface area contributed by atoms with Crippen molar-refractivity contribution >= 4 is 29.1 Å². The molecule has 0 saturated carbocycles. The Balaban J connectivity index is 0.00000242. The van der Waals surface area contributed by atoms with Crippen LogP contribution in [-0.2, 0) is 4.79 Å². The van der Waals surface area contributed by atoms with Crippen LogP contribution in [0.25, 0.3) is 10.8 Å². The second kappa shape index (κ2) is 9.28. The SMILES string of the molecule is C[C@@H](CN)NC(=O)CCCOc1cccc2ccccc12.Cl. The molecule has 0 fully saturated rings. The number of halogens is 1. The first-order valence-electron chi connectivity index (χ1n) is 7.30. The van der Waals surface area contributed by atoms with Crippen molar-refractivity contribution in [2.75, 3.05) is 13.2 Å². The van der Waals surface area contributed by atoms with E-state index in [1.165, 1.54) is 0 Å². The van der Waals surface area contributed by atoms with Crippen LogP contribution < -0.4 is 15.8 Å². The lowest BCUT2D eigenvalue weighted by Crippen LogP contribution is -2.37.